The van der Waals surface area contributed by atoms with Crippen LogP contribution in [-0.2, 0) is 4.79 Å². The van der Waals surface area contributed by atoms with Crippen molar-refractivity contribution in [1.29, 1.82) is 0 Å². The van der Waals surface area contributed by atoms with Gasteiger partial charge in [-0.25, -0.2) is 0 Å². The molecule has 3 nitrogen and oxygen atoms in total. The summed E-state index contributed by atoms with van der Waals surface area (Å²) < 4.78 is 0. The topological polar surface area (TPSA) is 40.5 Å². The number of carbonyl (C=O) groups excluding carboxylic acids is 1. The number of amides is 1. The Labute approximate surface area is 140 Å². The first kappa shape index (κ1) is 15.7. The summed E-state index contributed by atoms with van der Waals surface area (Å²) in [7, 11) is 1.98. The van der Waals surface area contributed by atoms with Crippen molar-refractivity contribution in [1.82, 2.24) is 4.90 Å². The molecule has 0 bridgehead atoms. The molecule has 3 aliphatic carbocycles. The summed E-state index contributed by atoms with van der Waals surface area (Å²) in [6.07, 6.45) is 9.74. The third-order valence-corrected chi connectivity index (χ3v) is 8.41. The molecule has 3 unspecified atom stereocenters. The third kappa shape index (κ3) is 1.89. The Bertz CT molecular complexity index is 558. The zero-order chi connectivity index (χ0) is 16.6. The number of carbonyl (C=O) groups is 1. The molecule has 1 amide bonds. The number of nitrogens with zero attached hydrogens (tertiary/aromatic N) is 1. The summed E-state index contributed by atoms with van der Waals surface area (Å²) in [4.78, 5) is 14.1. The van der Waals surface area contributed by atoms with E-state index in [0.717, 1.165) is 12.8 Å². The first-order valence-electron chi connectivity index (χ1n) is 9.43. The number of hydrogen-bond acceptors (Lipinski definition) is 2. The normalized spacial score (nSPS) is 55.3. The van der Waals surface area contributed by atoms with Crippen LogP contribution in [0.15, 0.2) is 12.2 Å². The molecule has 0 spiro atoms. The van der Waals surface area contributed by atoms with Gasteiger partial charge in [0.1, 0.15) is 0 Å². The van der Waals surface area contributed by atoms with Crippen molar-refractivity contribution in [2.45, 2.75) is 65.0 Å². The molecule has 4 rings (SSSR count). The highest BCUT2D eigenvalue weighted by molar-refractivity contribution is 5.89. The minimum Gasteiger partial charge on any atom is -0.392 e. The molecule has 4 aliphatic rings. The van der Waals surface area contributed by atoms with Gasteiger partial charge in [0.05, 0.1) is 6.10 Å². The second-order valence-corrected chi connectivity index (χ2v) is 9.32. The molecule has 0 aromatic rings. The Morgan fingerprint density at radius 1 is 1.22 bits per heavy atom. The van der Waals surface area contributed by atoms with Crippen molar-refractivity contribution in [3.05, 3.63) is 12.2 Å². The van der Waals surface area contributed by atoms with Crippen LogP contribution in [0.4, 0.5) is 0 Å². The van der Waals surface area contributed by atoms with Gasteiger partial charge in [-0.05, 0) is 67.3 Å². The van der Waals surface area contributed by atoms with Crippen LogP contribution < -0.4 is 0 Å². The lowest BCUT2D eigenvalue weighted by molar-refractivity contribution is -0.140. The highest BCUT2D eigenvalue weighted by Crippen LogP contribution is 2.64. The van der Waals surface area contributed by atoms with E-state index in [2.05, 4.69) is 26.8 Å². The van der Waals surface area contributed by atoms with Gasteiger partial charge in [-0.2, -0.15) is 0 Å². The Balaban J connectivity index is 1.70. The molecule has 3 heteroatoms. The lowest BCUT2D eigenvalue weighted by atomic mass is 9.48. The summed E-state index contributed by atoms with van der Waals surface area (Å²) in [5.74, 6) is 2.61. The maximum atomic E-state index is 12.1. The highest BCUT2D eigenvalue weighted by atomic mass is 16.3. The van der Waals surface area contributed by atoms with Crippen LogP contribution in [0.25, 0.3) is 0 Å². The molecule has 1 aliphatic heterocycles. The van der Waals surface area contributed by atoms with Gasteiger partial charge in [-0.1, -0.05) is 26.8 Å². The van der Waals surface area contributed by atoms with Crippen LogP contribution in [0.1, 0.15) is 52.9 Å². The van der Waals surface area contributed by atoms with Crippen molar-refractivity contribution >= 4 is 5.91 Å². The molecule has 0 aromatic heterocycles. The zero-order valence-corrected chi connectivity index (χ0v) is 15.0. The molecule has 8 atom stereocenters. The summed E-state index contributed by atoms with van der Waals surface area (Å²) in [5, 5.41) is 10.7. The van der Waals surface area contributed by atoms with Crippen molar-refractivity contribution in [3.63, 3.8) is 0 Å². The molecule has 0 aromatic carbocycles. The Morgan fingerprint density at radius 2 is 1.96 bits per heavy atom. The molecule has 1 N–H and O–H groups in total. The van der Waals surface area contributed by atoms with Crippen LogP contribution in [-0.4, -0.2) is 35.1 Å². The molecule has 128 valence electrons. The van der Waals surface area contributed by atoms with Crippen molar-refractivity contribution < 1.29 is 9.90 Å². The van der Waals surface area contributed by atoms with Crippen molar-refractivity contribution in [3.8, 4) is 0 Å². The van der Waals surface area contributed by atoms with E-state index in [1.807, 2.05) is 11.9 Å². The van der Waals surface area contributed by atoms with Crippen LogP contribution in [0.2, 0.25) is 0 Å². The van der Waals surface area contributed by atoms with Crippen LogP contribution in [0.5, 0.6) is 0 Å². The molecule has 1 heterocycles. The van der Waals surface area contributed by atoms with Crippen molar-refractivity contribution in [2.24, 2.45) is 34.5 Å². The summed E-state index contributed by atoms with van der Waals surface area (Å²) in [6, 6.07) is 0.356. The van der Waals surface area contributed by atoms with E-state index < -0.39 is 0 Å². The fourth-order valence-electron chi connectivity index (χ4n) is 7.08. The van der Waals surface area contributed by atoms with E-state index in [4.69, 9.17) is 0 Å². The van der Waals surface area contributed by atoms with Gasteiger partial charge >= 0.3 is 0 Å². The van der Waals surface area contributed by atoms with Gasteiger partial charge < -0.3 is 10.0 Å². The summed E-state index contributed by atoms with van der Waals surface area (Å²) in [5.41, 5.74) is 0.230. The second-order valence-electron chi connectivity index (χ2n) is 9.32. The Kier molecular flexibility index (Phi) is 3.30. The molecular weight excluding hydrogens is 286 g/mol. The smallest absolute Gasteiger partial charge is 0.246 e. The number of likely N-dealkylation sites (N-methyl/N-ethyl adjacent to an activating group) is 1. The molecule has 0 saturated heterocycles. The SMILES string of the molecule is CC1C[C@H]2[C@@H]3CCC4N(C)C(=O)C=C[C@]4(C)[C@@H]3CC[C@]2(C)C1O. The van der Waals surface area contributed by atoms with E-state index in [1.165, 1.54) is 19.3 Å². The fraction of sp³-hybridized carbons (Fsp3) is 0.850. The predicted molar refractivity (Wildman–Crippen MR) is 90.6 cm³/mol. The van der Waals surface area contributed by atoms with Crippen LogP contribution in [0.3, 0.4) is 0 Å². The fourth-order valence-corrected chi connectivity index (χ4v) is 7.08. The third-order valence-electron chi connectivity index (χ3n) is 8.41. The quantitative estimate of drug-likeness (QED) is 0.745. The summed E-state index contributed by atoms with van der Waals surface area (Å²) >= 11 is 0. The lowest BCUT2D eigenvalue weighted by Gasteiger charge is -2.60. The number of aliphatic hydroxyl groups excluding tert-OH is 1. The van der Waals surface area contributed by atoms with E-state index in [9.17, 15) is 9.90 Å². The monoisotopic (exact) mass is 317 g/mol. The first-order chi connectivity index (χ1) is 10.8. The van der Waals surface area contributed by atoms with E-state index in [1.54, 1.807) is 6.08 Å². The number of rotatable bonds is 0. The summed E-state index contributed by atoms with van der Waals surface area (Å²) in [6.45, 7) is 6.94. The molecule has 0 radical (unpaired) electrons. The molecule has 3 fully saturated rings. The van der Waals surface area contributed by atoms with Gasteiger partial charge in [-0.15, -0.1) is 0 Å². The van der Waals surface area contributed by atoms with E-state index in [-0.39, 0.29) is 22.8 Å². The van der Waals surface area contributed by atoms with E-state index >= 15 is 0 Å². The van der Waals surface area contributed by atoms with Gasteiger partial charge in [0.25, 0.3) is 0 Å². The minimum atomic E-state index is -0.134. The molecular formula is C20H31NO2. The van der Waals surface area contributed by atoms with E-state index in [0.29, 0.717) is 29.7 Å². The van der Waals surface area contributed by atoms with Gasteiger partial charge in [-0.3, -0.25) is 4.79 Å². The predicted octanol–water partition coefficient (Wildman–Crippen LogP) is 3.23. The zero-order valence-electron chi connectivity index (χ0n) is 15.0. The number of hydrogen-bond donors (Lipinski definition) is 1. The molecule has 23 heavy (non-hydrogen) atoms. The average molecular weight is 317 g/mol. The molecule has 3 saturated carbocycles. The Morgan fingerprint density at radius 3 is 2.70 bits per heavy atom. The maximum Gasteiger partial charge on any atom is 0.246 e. The van der Waals surface area contributed by atoms with Crippen LogP contribution >= 0.6 is 0 Å². The van der Waals surface area contributed by atoms with Crippen LogP contribution in [0, 0.1) is 34.5 Å². The average Bonchev–Trinajstić information content (AvgIpc) is 2.75. The lowest BCUT2D eigenvalue weighted by Crippen LogP contribution is -2.59. The minimum absolute atomic E-state index is 0.115. The Hall–Kier alpha value is -0.830. The maximum absolute atomic E-state index is 12.1. The highest BCUT2D eigenvalue weighted by Gasteiger charge is 2.61. The van der Waals surface area contributed by atoms with Gasteiger partial charge in [0.15, 0.2) is 0 Å². The second kappa shape index (κ2) is 4.84. The largest absolute Gasteiger partial charge is 0.392 e. The van der Waals surface area contributed by atoms with Gasteiger partial charge in [0.2, 0.25) is 5.91 Å². The van der Waals surface area contributed by atoms with Crippen molar-refractivity contribution in [2.75, 3.05) is 7.05 Å². The number of aliphatic hydroxyl groups is 1. The van der Waals surface area contributed by atoms with Gasteiger partial charge in [0, 0.05) is 18.5 Å². The number of fused-ring (bicyclic) bond motifs is 5. The standard InChI is InChI=1S/C20H31NO2/c1-12-11-15-13-5-6-16-19(2,10-8-17(22)21(16)4)14(13)7-9-20(15,3)18(12)23/h8,10,12-16,18,23H,5-7,9,11H2,1-4H3/t12?,13-,14-,15+,16?,18?,19-,20+/m1/s1. The first-order valence-corrected chi connectivity index (χ1v) is 9.43.